The number of carbonyl (C=O) groups excluding carboxylic acids is 1. The summed E-state index contributed by atoms with van der Waals surface area (Å²) in [4.78, 5) is 18.5. The summed E-state index contributed by atoms with van der Waals surface area (Å²) in [5.41, 5.74) is 1.44. The van der Waals surface area contributed by atoms with Crippen LogP contribution in [0.5, 0.6) is 17.4 Å². The maximum Gasteiger partial charge on any atom is 0.255 e. The lowest BCUT2D eigenvalue weighted by Crippen LogP contribution is -2.26. The SMILES string of the molecule is COc1ccccc1CN(C)C(=O)c1ccc(Oc2ccc(Br)cc2)nc1. The third-order valence-corrected chi connectivity index (χ3v) is 4.49. The molecule has 0 spiro atoms. The van der Waals surface area contributed by atoms with Gasteiger partial charge in [-0.15, -0.1) is 0 Å². The molecule has 0 N–H and O–H groups in total. The van der Waals surface area contributed by atoms with E-state index in [1.165, 1.54) is 6.20 Å². The predicted molar refractivity (Wildman–Crippen MR) is 107 cm³/mol. The molecule has 0 radical (unpaired) electrons. The summed E-state index contributed by atoms with van der Waals surface area (Å²) >= 11 is 3.38. The summed E-state index contributed by atoms with van der Waals surface area (Å²) < 4.78 is 12.0. The number of hydrogen-bond donors (Lipinski definition) is 0. The zero-order valence-corrected chi connectivity index (χ0v) is 16.6. The molecule has 0 unspecified atom stereocenters. The highest BCUT2D eigenvalue weighted by molar-refractivity contribution is 9.10. The Morgan fingerprint density at radius 3 is 2.48 bits per heavy atom. The number of methoxy groups -OCH3 is 1. The number of ether oxygens (including phenoxy) is 2. The number of halogens is 1. The molecule has 0 saturated heterocycles. The second kappa shape index (κ2) is 8.68. The largest absolute Gasteiger partial charge is 0.496 e. The van der Waals surface area contributed by atoms with E-state index in [0.717, 1.165) is 15.8 Å². The highest BCUT2D eigenvalue weighted by Gasteiger charge is 2.14. The van der Waals surface area contributed by atoms with Gasteiger partial charge >= 0.3 is 0 Å². The van der Waals surface area contributed by atoms with Gasteiger partial charge in [0.25, 0.3) is 5.91 Å². The van der Waals surface area contributed by atoms with E-state index in [9.17, 15) is 4.79 Å². The Morgan fingerprint density at radius 2 is 1.81 bits per heavy atom. The Morgan fingerprint density at radius 1 is 1.07 bits per heavy atom. The number of hydrogen-bond acceptors (Lipinski definition) is 4. The van der Waals surface area contributed by atoms with E-state index in [1.54, 1.807) is 31.2 Å². The average Bonchev–Trinajstić information content (AvgIpc) is 2.70. The Labute approximate surface area is 166 Å². The molecule has 1 amide bonds. The molecular weight excluding hydrogens is 408 g/mol. The first kappa shape index (κ1) is 18.9. The number of benzene rings is 2. The minimum Gasteiger partial charge on any atom is -0.496 e. The first-order valence-electron chi connectivity index (χ1n) is 8.33. The molecule has 0 aliphatic heterocycles. The Kier molecular flexibility index (Phi) is 6.08. The molecule has 3 aromatic rings. The maximum atomic E-state index is 12.7. The van der Waals surface area contributed by atoms with Gasteiger partial charge in [-0.25, -0.2) is 4.98 Å². The van der Waals surface area contributed by atoms with Gasteiger partial charge in [-0.3, -0.25) is 4.79 Å². The van der Waals surface area contributed by atoms with Crippen LogP contribution in [-0.4, -0.2) is 29.9 Å². The molecule has 138 valence electrons. The van der Waals surface area contributed by atoms with Crippen molar-refractivity contribution in [3.8, 4) is 17.4 Å². The van der Waals surface area contributed by atoms with E-state index in [0.29, 0.717) is 23.7 Å². The first-order chi connectivity index (χ1) is 13.1. The van der Waals surface area contributed by atoms with Crippen LogP contribution >= 0.6 is 15.9 Å². The fraction of sp³-hybridized carbons (Fsp3) is 0.143. The minimum atomic E-state index is -0.122. The summed E-state index contributed by atoms with van der Waals surface area (Å²) in [6.45, 7) is 0.444. The lowest BCUT2D eigenvalue weighted by Gasteiger charge is -2.19. The molecule has 3 rings (SSSR count). The maximum absolute atomic E-state index is 12.7. The first-order valence-corrected chi connectivity index (χ1v) is 9.13. The van der Waals surface area contributed by atoms with Crippen LogP contribution in [0.1, 0.15) is 15.9 Å². The van der Waals surface area contributed by atoms with Gasteiger partial charge < -0.3 is 14.4 Å². The molecule has 1 aromatic heterocycles. The zero-order chi connectivity index (χ0) is 19.2. The summed E-state index contributed by atoms with van der Waals surface area (Å²) in [6, 6.07) is 18.5. The summed E-state index contributed by atoms with van der Waals surface area (Å²) in [5, 5.41) is 0. The third-order valence-electron chi connectivity index (χ3n) is 3.97. The van der Waals surface area contributed by atoms with E-state index >= 15 is 0 Å². The summed E-state index contributed by atoms with van der Waals surface area (Å²) in [6.07, 6.45) is 1.52. The van der Waals surface area contributed by atoms with Crippen LogP contribution in [-0.2, 0) is 6.54 Å². The van der Waals surface area contributed by atoms with Crippen LogP contribution in [0.25, 0.3) is 0 Å². The number of amides is 1. The van der Waals surface area contributed by atoms with Crippen LogP contribution in [0, 0.1) is 0 Å². The van der Waals surface area contributed by atoms with E-state index in [4.69, 9.17) is 9.47 Å². The molecule has 0 atom stereocenters. The highest BCUT2D eigenvalue weighted by atomic mass is 79.9. The Bertz CT molecular complexity index is 911. The van der Waals surface area contributed by atoms with Gasteiger partial charge in [-0.1, -0.05) is 34.1 Å². The predicted octanol–water partition coefficient (Wildman–Crippen LogP) is 4.92. The monoisotopic (exact) mass is 426 g/mol. The number of rotatable bonds is 6. The zero-order valence-electron chi connectivity index (χ0n) is 15.1. The standard InChI is InChI=1S/C21H19BrN2O3/c1-24(14-16-5-3-4-6-19(16)26-2)21(25)15-7-12-20(23-13-15)27-18-10-8-17(22)9-11-18/h3-13H,14H2,1-2H3. The summed E-state index contributed by atoms with van der Waals surface area (Å²) in [5.74, 6) is 1.75. The Balaban J connectivity index is 1.66. The van der Waals surface area contributed by atoms with Gasteiger partial charge in [0.2, 0.25) is 5.88 Å². The molecule has 27 heavy (non-hydrogen) atoms. The molecule has 1 heterocycles. The molecule has 0 aliphatic rings. The van der Waals surface area contributed by atoms with Crippen LogP contribution in [0.15, 0.2) is 71.3 Å². The highest BCUT2D eigenvalue weighted by Crippen LogP contribution is 2.23. The van der Waals surface area contributed by atoms with E-state index in [1.807, 2.05) is 48.5 Å². The second-order valence-electron chi connectivity index (χ2n) is 5.91. The van der Waals surface area contributed by atoms with Gasteiger partial charge in [0.15, 0.2) is 0 Å². The minimum absolute atomic E-state index is 0.122. The van der Waals surface area contributed by atoms with Crippen LogP contribution < -0.4 is 9.47 Å². The van der Waals surface area contributed by atoms with E-state index in [-0.39, 0.29) is 5.91 Å². The number of para-hydroxylation sites is 1. The number of pyridine rings is 1. The quantitative estimate of drug-likeness (QED) is 0.561. The molecule has 0 aliphatic carbocycles. The van der Waals surface area contributed by atoms with Crippen molar-refractivity contribution in [3.05, 3.63) is 82.5 Å². The van der Waals surface area contributed by atoms with Crippen molar-refractivity contribution in [1.29, 1.82) is 0 Å². The van der Waals surface area contributed by atoms with E-state index < -0.39 is 0 Å². The van der Waals surface area contributed by atoms with Crippen molar-refractivity contribution < 1.29 is 14.3 Å². The van der Waals surface area contributed by atoms with Crippen molar-refractivity contribution in [3.63, 3.8) is 0 Å². The number of nitrogens with zero attached hydrogens (tertiary/aromatic N) is 2. The van der Waals surface area contributed by atoms with Crippen molar-refractivity contribution in [2.75, 3.05) is 14.2 Å². The van der Waals surface area contributed by atoms with Gasteiger partial charge in [0.05, 0.1) is 12.7 Å². The van der Waals surface area contributed by atoms with Gasteiger partial charge in [0, 0.05) is 35.9 Å². The lowest BCUT2D eigenvalue weighted by molar-refractivity contribution is 0.0783. The number of carbonyl (C=O) groups is 1. The van der Waals surface area contributed by atoms with Crippen LogP contribution in [0.3, 0.4) is 0 Å². The van der Waals surface area contributed by atoms with Crippen LogP contribution in [0.2, 0.25) is 0 Å². The fourth-order valence-corrected chi connectivity index (χ4v) is 2.84. The van der Waals surface area contributed by atoms with Crippen molar-refractivity contribution in [2.45, 2.75) is 6.54 Å². The van der Waals surface area contributed by atoms with Gasteiger partial charge in [-0.2, -0.15) is 0 Å². The lowest BCUT2D eigenvalue weighted by atomic mass is 10.1. The smallest absolute Gasteiger partial charge is 0.255 e. The molecule has 0 fully saturated rings. The topological polar surface area (TPSA) is 51.7 Å². The average molecular weight is 427 g/mol. The number of aromatic nitrogens is 1. The van der Waals surface area contributed by atoms with Gasteiger partial charge in [-0.05, 0) is 36.4 Å². The molecule has 5 nitrogen and oxygen atoms in total. The summed E-state index contributed by atoms with van der Waals surface area (Å²) in [7, 11) is 3.37. The molecule has 0 saturated carbocycles. The molecule has 0 bridgehead atoms. The third kappa shape index (κ3) is 4.86. The van der Waals surface area contributed by atoms with Crippen LogP contribution in [0.4, 0.5) is 0 Å². The van der Waals surface area contributed by atoms with Crippen molar-refractivity contribution >= 4 is 21.8 Å². The van der Waals surface area contributed by atoms with E-state index in [2.05, 4.69) is 20.9 Å². The molecular formula is C21H19BrN2O3. The fourth-order valence-electron chi connectivity index (χ4n) is 2.57. The van der Waals surface area contributed by atoms with Crippen molar-refractivity contribution in [2.24, 2.45) is 0 Å². The normalized spacial score (nSPS) is 10.3. The van der Waals surface area contributed by atoms with Crippen molar-refractivity contribution in [1.82, 2.24) is 9.88 Å². The Hall–Kier alpha value is -2.86. The second-order valence-corrected chi connectivity index (χ2v) is 6.83. The van der Waals surface area contributed by atoms with Gasteiger partial charge in [0.1, 0.15) is 11.5 Å². The molecule has 6 heteroatoms. The molecule has 2 aromatic carbocycles.